The first-order valence-electron chi connectivity index (χ1n) is 4.34. The van der Waals surface area contributed by atoms with Crippen molar-refractivity contribution in [3.63, 3.8) is 0 Å². The second-order valence-electron chi connectivity index (χ2n) is 2.95. The Morgan fingerprint density at radius 1 is 1.42 bits per heavy atom. The van der Waals surface area contributed by atoms with Crippen LogP contribution in [0, 0.1) is 5.92 Å². The average molecular weight is 236 g/mol. The predicted octanol–water partition coefficient (Wildman–Crippen LogP) is 2.94. The molecule has 4 heteroatoms. The maximum absolute atomic E-state index is 10.5. The van der Waals surface area contributed by atoms with Gasteiger partial charge in [-0.3, -0.25) is 0 Å². The molecule has 1 N–H and O–H groups in total. The van der Waals surface area contributed by atoms with Crippen molar-refractivity contribution >= 4 is 8.03 Å². The molecule has 2 unspecified atom stereocenters. The van der Waals surface area contributed by atoms with Crippen molar-refractivity contribution in [3.8, 4) is 0 Å². The van der Waals surface area contributed by atoms with Crippen molar-refractivity contribution < 1.29 is 25.9 Å². The molecule has 0 rings (SSSR count). The van der Waals surface area contributed by atoms with Crippen LogP contribution >= 0.6 is 8.03 Å². The molecular formula is C8H18NiO2P+. The zero-order chi connectivity index (χ0) is 8.69. The molecule has 0 aliphatic heterocycles. The Labute approximate surface area is 85.9 Å². The smallest absolute Gasteiger partial charge is 0.161 e. The van der Waals surface area contributed by atoms with E-state index in [0.29, 0.717) is 12.1 Å². The molecule has 12 heavy (non-hydrogen) atoms. The van der Waals surface area contributed by atoms with E-state index < -0.39 is 8.03 Å². The fourth-order valence-electron chi connectivity index (χ4n) is 1.14. The van der Waals surface area contributed by atoms with E-state index in [0.717, 1.165) is 12.8 Å². The molecule has 0 bridgehead atoms. The van der Waals surface area contributed by atoms with Gasteiger partial charge in [-0.25, -0.2) is 0 Å². The molecule has 0 saturated carbocycles. The summed E-state index contributed by atoms with van der Waals surface area (Å²) in [5.41, 5.74) is 0. The summed E-state index contributed by atoms with van der Waals surface area (Å²) < 4.78 is 10.5. The molecule has 0 heterocycles. The molecule has 0 saturated heterocycles. The third-order valence-corrected chi connectivity index (χ3v) is 2.79. The Balaban J connectivity index is 0. The minimum absolute atomic E-state index is 0. The van der Waals surface area contributed by atoms with E-state index in [1.807, 2.05) is 0 Å². The normalized spacial score (nSPS) is 13.4. The molecule has 0 aromatic rings. The second kappa shape index (κ2) is 9.64. The van der Waals surface area contributed by atoms with Crippen LogP contribution in [0.1, 0.15) is 39.5 Å². The van der Waals surface area contributed by atoms with E-state index in [9.17, 15) is 4.57 Å². The van der Waals surface area contributed by atoms with Gasteiger partial charge in [0, 0.05) is 22.4 Å². The SMILES string of the molecule is CCCCC(CC)C[P+](=O)O.[Ni]. The Morgan fingerprint density at radius 2 is 2.00 bits per heavy atom. The van der Waals surface area contributed by atoms with Gasteiger partial charge in [0.25, 0.3) is 0 Å². The van der Waals surface area contributed by atoms with Gasteiger partial charge in [-0.15, -0.1) is 0 Å². The molecule has 2 nitrogen and oxygen atoms in total. The molecule has 2 atom stereocenters. The van der Waals surface area contributed by atoms with Crippen LogP contribution < -0.4 is 0 Å². The van der Waals surface area contributed by atoms with Gasteiger partial charge in [-0.1, -0.05) is 26.7 Å². The van der Waals surface area contributed by atoms with Crippen LogP contribution in [0.5, 0.6) is 0 Å². The second-order valence-corrected chi connectivity index (χ2v) is 4.02. The fourth-order valence-corrected chi connectivity index (χ4v) is 2.02. The Kier molecular flexibility index (Phi) is 12.1. The number of hydrogen-bond donors (Lipinski definition) is 1. The van der Waals surface area contributed by atoms with Crippen LogP contribution in [0.3, 0.4) is 0 Å². The summed E-state index contributed by atoms with van der Waals surface area (Å²) in [4.78, 5) is 8.66. The Morgan fingerprint density at radius 3 is 2.33 bits per heavy atom. The molecule has 0 aliphatic rings. The molecule has 0 aromatic heterocycles. The van der Waals surface area contributed by atoms with E-state index in [2.05, 4.69) is 13.8 Å². The number of unbranched alkanes of at least 4 members (excludes halogenated alkanes) is 1. The standard InChI is InChI=1S/C8H17O2P.Ni/c1-3-5-6-8(4-2)7-11(9)10;/h8H,3-7H2,1-2H3;/p+1. The molecule has 0 aliphatic carbocycles. The van der Waals surface area contributed by atoms with Gasteiger partial charge in [0.2, 0.25) is 0 Å². The summed E-state index contributed by atoms with van der Waals surface area (Å²) >= 11 is 0. The van der Waals surface area contributed by atoms with Gasteiger partial charge in [0.15, 0.2) is 6.16 Å². The quantitative estimate of drug-likeness (QED) is 0.568. The molecule has 0 radical (unpaired) electrons. The van der Waals surface area contributed by atoms with E-state index >= 15 is 0 Å². The summed E-state index contributed by atoms with van der Waals surface area (Å²) in [7, 11) is -1.91. The van der Waals surface area contributed by atoms with Gasteiger partial charge in [0.1, 0.15) is 0 Å². The van der Waals surface area contributed by atoms with E-state index in [4.69, 9.17) is 4.89 Å². The first-order chi connectivity index (χ1) is 5.20. The van der Waals surface area contributed by atoms with Gasteiger partial charge < -0.3 is 0 Å². The van der Waals surface area contributed by atoms with E-state index in [-0.39, 0.29) is 16.5 Å². The van der Waals surface area contributed by atoms with Gasteiger partial charge >= 0.3 is 8.03 Å². The molecule has 0 amide bonds. The average Bonchev–Trinajstić information content (AvgIpc) is 1.97. The Bertz CT molecular complexity index is 120. The molecule has 76 valence electrons. The molecule has 0 spiro atoms. The predicted molar refractivity (Wildman–Crippen MR) is 48.0 cm³/mol. The van der Waals surface area contributed by atoms with Crippen molar-refractivity contribution in [1.29, 1.82) is 0 Å². The zero-order valence-corrected chi connectivity index (χ0v) is 9.61. The van der Waals surface area contributed by atoms with Gasteiger partial charge in [-0.2, -0.15) is 4.89 Å². The minimum Gasteiger partial charge on any atom is -0.161 e. The monoisotopic (exact) mass is 235 g/mol. The van der Waals surface area contributed by atoms with Crippen molar-refractivity contribution in [2.24, 2.45) is 5.92 Å². The van der Waals surface area contributed by atoms with E-state index in [1.165, 1.54) is 12.8 Å². The first-order valence-corrected chi connectivity index (χ1v) is 5.74. The number of hydrogen-bond acceptors (Lipinski definition) is 1. The van der Waals surface area contributed by atoms with Crippen LogP contribution in [0.25, 0.3) is 0 Å². The molecule has 0 fully saturated rings. The summed E-state index contributed by atoms with van der Waals surface area (Å²) in [6.45, 7) is 4.23. The Hall–Kier alpha value is 0.554. The first kappa shape index (κ1) is 15.0. The van der Waals surface area contributed by atoms with Crippen LogP contribution in [0.15, 0.2) is 0 Å². The molecular weight excluding hydrogens is 218 g/mol. The maximum atomic E-state index is 10.5. The largest absolute Gasteiger partial charge is 0.505 e. The summed E-state index contributed by atoms with van der Waals surface area (Å²) in [5, 5.41) is 0. The van der Waals surface area contributed by atoms with Crippen LogP contribution in [-0.2, 0) is 21.1 Å². The third kappa shape index (κ3) is 8.65. The maximum Gasteiger partial charge on any atom is 0.505 e. The van der Waals surface area contributed by atoms with Crippen molar-refractivity contribution in [2.75, 3.05) is 6.16 Å². The van der Waals surface area contributed by atoms with Gasteiger partial charge in [0.05, 0.1) is 0 Å². The zero-order valence-electron chi connectivity index (χ0n) is 7.73. The van der Waals surface area contributed by atoms with Crippen molar-refractivity contribution in [2.45, 2.75) is 39.5 Å². The summed E-state index contributed by atoms with van der Waals surface area (Å²) in [5.74, 6) is 0.462. The van der Waals surface area contributed by atoms with Crippen LogP contribution in [0.2, 0.25) is 0 Å². The summed E-state index contributed by atoms with van der Waals surface area (Å²) in [6, 6.07) is 0. The van der Waals surface area contributed by atoms with Gasteiger partial charge in [-0.05, 0) is 17.4 Å². The summed E-state index contributed by atoms with van der Waals surface area (Å²) in [6.07, 6.45) is 4.99. The third-order valence-electron chi connectivity index (χ3n) is 1.96. The van der Waals surface area contributed by atoms with Crippen LogP contribution in [-0.4, -0.2) is 11.1 Å². The van der Waals surface area contributed by atoms with Crippen LogP contribution in [0.4, 0.5) is 0 Å². The van der Waals surface area contributed by atoms with Crippen molar-refractivity contribution in [3.05, 3.63) is 0 Å². The molecule has 0 aromatic carbocycles. The fraction of sp³-hybridized carbons (Fsp3) is 1.00. The van der Waals surface area contributed by atoms with E-state index in [1.54, 1.807) is 0 Å². The van der Waals surface area contributed by atoms with Crippen molar-refractivity contribution in [1.82, 2.24) is 0 Å². The topological polar surface area (TPSA) is 37.3 Å². The number of rotatable bonds is 6. The minimum atomic E-state index is -1.91.